The first-order chi connectivity index (χ1) is 5.61. The Labute approximate surface area is 71.2 Å². The molecule has 1 N–H and O–H groups in total. The number of nitrogens with zero attached hydrogens (tertiary/aromatic N) is 1. The zero-order chi connectivity index (χ0) is 9.56. The van der Waals surface area contributed by atoms with E-state index < -0.39 is 5.97 Å². The first kappa shape index (κ1) is 10.5. The van der Waals surface area contributed by atoms with E-state index in [4.69, 9.17) is 11.5 Å². The molecule has 0 bridgehead atoms. The maximum absolute atomic E-state index is 11.0. The second-order valence-corrected chi connectivity index (χ2v) is 2.18. The highest BCUT2D eigenvalue weighted by Crippen LogP contribution is 1.92. The summed E-state index contributed by atoms with van der Waals surface area (Å²) in [6, 6.07) is 0. The minimum atomic E-state index is -1.03. The minimum Gasteiger partial charge on any atom is -0.480 e. The molecule has 0 fully saturated rings. The Bertz CT molecular complexity index is 217. The van der Waals surface area contributed by atoms with Crippen molar-refractivity contribution in [2.75, 3.05) is 13.1 Å². The van der Waals surface area contributed by atoms with E-state index >= 15 is 0 Å². The van der Waals surface area contributed by atoms with E-state index in [1.165, 1.54) is 4.90 Å². The normalized spacial score (nSPS) is 8.67. The highest BCUT2D eigenvalue weighted by atomic mass is 16.4. The molecule has 0 saturated heterocycles. The lowest BCUT2D eigenvalue weighted by Gasteiger charge is -2.16. The summed E-state index contributed by atoms with van der Waals surface area (Å²) < 4.78 is 0. The standard InChI is InChI=1S/C8H11NO3/c1-3-5-7(10)9(4-2)6-8(11)12/h1H,4-6H2,2H3,(H,11,12). The van der Waals surface area contributed by atoms with Crippen molar-refractivity contribution in [2.24, 2.45) is 0 Å². The molecule has 4 heteroatoms. The number of likely N-dealkylation sites (N-methyl/N-ethyl adjacent to an activating group) is 1. The van der Waals surface area contributed by atoms with Crippen molar-refractivity contribution in [1.82, 2.24) is 4.90 Å². The van der Waals surface area contributed by atoms with Gasteiger partial charge in [-0.1, -0.05) is 5.92 Å². The average molecular weight is 169 g/mol. The van der Waals surface area contributed by atoms with E-state index in [-0.39, 0.29) is 18.9 Å². The van der Waals surface area contributed by atoms with Gasteiger partial charge in [0.1, 0.15) is 6.54 Å². The van der Waals surface area contributed by atoms with Crippen molar-refractivity contribution in [3.05, 3.63) is 0 Å². The van der Waals surface area contributed by atoms with Crippen LogP contribution in [0.4, 0.5) is 0 Å². The summed E-state index contributed by atoms with van der Waals surface area (Å²) in [5.41, 5.74) is 0. The smallest absolute Gasteiger partial charge is 0.323 e. The van der Waals surface area contributed by atoms with Crippen molar-refractivity contribution in [1.29, 1.82) is 0 Å². The molecular formula is C8H11NO3. The number of amides is 1. The molecule has 0 radical (unpaired) electrons. The topological polar surface area (TPSA) is 57.6 Å². The molecule has 0 heterocycles. The largest absolute Gasteiger partial charge is 0.480 e. The number of carbonyl (C=O) groups excluding carboxylic acids is 1. The van der Waals surface area contributed by atoms with Gasteiger partial charge in [0.05, 0.1) is 6.42 Å². The summed E-state index contributed by atoms with van der Waals surface area (Å²) in [7, 11) is 0. The van der Waals surface area contributed by atoms with Crippen molar-refractivity contribution < 1.29 is 14.7 Å². The molecule has 0 unspecified atom stereocenters. The monoisotopic (exact) mass is 169 g/mol. The van der Waals surface area contributed by atoms with Gasteiger partial charge in [-0.2, -0.15) is 0 Å². The van der Waals surface area contributed by atoms with Gasteiger partial charge in [-0.25, -0.2) is 0 Å². The Morgan fingerprint density at radius 3 is 2.50 bits per heavy atom. The van der Waals surface area contributed by atoms with Crippen LogP contribution in [-0.2, 0) is 9.59 Å². The van der Waals surface area contributed by atoms with E-state index in [1.807, 2.05) is 0 Å². The molecular weight excluding hydrogens is 158 g/mol. The third-order valence-corrected chi connectivity index (χ3v) is 1.31. The van der Waals surface area contributed by atoms with Gasteiger partial charge < -0.3 is 10.0 Å². The number of terminal acetylenes is 1. The Balaban J connectivity index is 4.07. The predicted molar refractivity (Wildman–Crippen MR) is 43.3 cm³/mol. The number of hydrogen-bond acceptors (Lipinski definition) is 2. The first-order valence-electron chi connectivity index (χ1n) is 3.54. The van der Waals surface area contributed by atoms with Gasteiger partial charge in [0.15, 0.2) is 0 Å². The molecule has 0 saturated carbocycles. The van der Waals surface area contributed by atoms with Crippen LogP contribution < -0.4 is 0 Å². The molecule has 0 spiro atoms. The van der Waals surface area contributed by atoms with Gasteiger partial charge in [0, 0.05) is 6.54 Å². The van der Waals surface area contributed by atoms with Gasteiger partial charge in [0.2, 0.25) is 5.91 Å². The van der Waals surface area contributed by atoms with Crippen LogP contribution in [0.15, 0.2) is 0 Å². The highest BCUT2D eigenvalue weighted by Gasteiger charge is 2.12. The summed E-state index contributed by atoms with van der Waals surface area (Å²) in [5, 5.41) is 8.39. The Hall–Kier alpha value is -1.50. The fourth-order valence-electron chi connectivity index (χ4n) is 0.739. The van der Waals surface area contributed by atoms with Crippen molar-refractivity contribution in [3.8, 4) is 12.3 Å². The number of carboxylic acid groups (broad SMARTS) is 1. The minimum absolute atomic E-state index is 0.0406. The molecule has 0 aliphatic carbocycles. The van der Waals surface area contributed by atoms with Crippen LogP contribution in [0.5, 0.6) is 0 Å². The summed E-state index contributed by atoms with van der Waals surface area (Å²) in [6.45, 7) is 1.79. The summed E-state index contributed by atoms with van der Waals surface area (Å²) in [5.74, 6) is 0.828. The van der Waals surface area contributed by atoms with Crippen LogP contribution in [0.1, 0.15) is 13.3 Å². The third-order valence-electron chi connectivity index (χ3n) is 1.31. The van der Waals surface area contributed by atoms with Crippen LogP contribution in [0, 0.1) is 12.3 Å². The van der Waals surface area contributed by atoms with Gasteiger partial charge in [0.25, 0.3) is 0 Å². The molecule has 0 aliphatic rings. The molecule has 0 aromatic carbocycles. The SMILES string of the molecule is C#CCC(=O)N(CC)CC(=O)O. The Morgan fingerprint density at radius 1 is 1.58 bits per heavy atom. The van der Waals surface area contributed by atoms with Gasteiger partial charge in [-0.3, -0.25) is 9.59 Å². The maximum atomic E-state index is 11.0. The number of carboxylic acids is 1. The molecule has 0 atom stereocenters. The molecule has 0 aliphatic heterocycles. The number of carbonyl (C=O) groups is 2. The van der Waals surface area contributed by atoms with Crippen molar-refractivity contribution in [2.45, 2.75) is 13.3 Å². The zero-order valence-electron chi connectivity index (χ0n) is 6.91. The van der Waals surface area contributed by atoms with E-state index in [0.717, 1.165) is 0 Å². The Kier molecular flexibility index (Phi) is 4.54. The molecule has 1 amide bonds. The van der Waals surface area contributed by atoms with Crippen molar-refractivity contribution in [3.63, 3.8) is 0 Å². The lowest BCUT2D eigenvalue weighted by Crippen LogP contribution is -2.35. The highest BCUT2D eigenvalue weighted by molar-refractivity contribution is 5.82. The van der Waals surface area contributed by atoms with Gasteiger partial charge >= 0.3 is 5.97 Å². The number of aliphatic carboxylic acids is 1. The molecule has 12 heavy (non-hydrogen) atoms. The summed E-state index contributed by atoms with van der Waals surface area (Å²) in [6.07, 6.45) is 4.87. The fourth-order valence-corrected chi connectivity index (χ4v) is 0.739. The number of rotatable bonds is 4. The maximum Gasteiger partial charge on any atom is 0.323 e. The second kappa shape index (κ2) is 5.19. The molecule has 66 valence electrons. The lowest BCUT2D eigenvalue weighted by molar-refractivity contribution is -0.143. The lowest BCUT2D eigenvalue weighted by atomic mass is 10.3. The third kappa shape index (κ3) is 3.62. The van der Waals surface area contributed by atoms with Crippen LogP contribution in [-0.4, -0.2) is 35.0 Å². The van der Waals surface area contributed by atoms with E-state index in [0.29, 0.717) is 6.54 Å². The summed E-state index contributed by atoms with van der Waals surface area (Å²) in [4.78, 5) is 22.5. The second-order valence-electron chi connectivity index (χ2n) is 2.18. The van der Waals surface area contributed by atoms with Crippen LogP contribution in [0.3, 0.4) is 0 Å². The Morgan fingerprint density at radius 2 is 2.17 bits per heavy atom. The average Bonchev–Trinajstić information content (AvgIpc) is 2.00. The molecule has 0 aromatic heterocycles. The summed E-state index contributed by atoms with van der Waals surface area (Å²) >= 11 is 0. The predicted octanol–water partition coefficient (Wildman–Crippen LogP) is -0.0572. The fraction of sp³-hybridized carbons (Fsp3) is 0.500. The number of hydrogen-bond donors (Lipinski definition) is 1. The van der Waals surface area contributed by atoms with Crippen LogP contribution >= 0.6 is 0 Å². The quantitative estimate of drug-likeness (QED) is 0.600. The molecule has 0 rings (SSSR count). The van der Waals surface area contributed by atoms with E-state index in [9.17, 15) is 9.59 Å². The van der Waals surface area contributed by atoms with E-state index in [2.05, 4.69) is 5.92 Å². The van der Waals surface area contributed by atoms with Crippen LogP contribution in [0.25, 0.3) is 0 Å². The molecule has 0 aromatic rings. The molecule has 4 nitrogen and oxygen atoms in total. The zero-order valence-corrected chi connectivity index (χ0v) is 6.91. The van der Waals surface area contributed by atoms with Crippen LogP contribution in [0.2, 0.25) is 0 Å². The van der Waals surface area contributed by atoms with Crippen molar-refractivity contribution >= 4 is 11.9 Å². The first-order valence-corrected chi connectivity index (χ1v) is 3.54. The van der Waals surface area contributed by atoms with Gasteiger partial charge in [-0.05, 0) is 6.92 Å². The van der Waals surface area contributed by atoms with Gasteiger partial charge in [-0.15, -0.1) is 6.42 Å². The van der Waals surface area contributed by atoms with E-state index in [1.54, 1.807) is 6.92 Å².